The molecule has 9 heteroatoms. The van der Waals surface area contributed by atoms with Crippen molar-refractivity contribution >= 4 is 27.3 Å². The number of aliphatic hydroxyl groups is 1. The van der Waals surface area contributed by atoms with Crippen LogP contribution in [0.5, 0.6) is 0 Å². The lowest BCUT2D eigenvalue weighted by Crippen LogP contribution is -2.31. The van der Waals surface area contributed by atoms with Crippen LogP contribution >= 0.6 is 0 Å². The van der Waals surface area contributed by atoms with Crippen LogP contribution in [-0.4, -0.2) is 43.4 Å². The fourth-order valence-corrected chi connectivity index (χ4v) is 6.37. The number of fused-ring (bicyclic) bond motifs is 1. The van der Waals surface area contributed by atoms with Gasteiger partial charge in [0.2, 0.25) is 0 Å². The molecular formula is C35H49N3O5S. The molecule has 0 spiro atoms. The second-order valence-corrected chi connectivity index (χ2v) is 12.9. The number of rotatable bonds is 11. The Hall–Kier alpha value is -3.53. The smallest absolute Gasteiger partial charge is 0.319 e. The number of aliphatic hydroxyl groups excluding tert-OH is 1. The minimum absolute atomic E-state index is 0.0473. The Morgan fingerprint density at radius 1 is 0.909 bits per heavy atom. The van der Waals surface area contributed by atoms with Gasteiger partial charge in [-0.3, -0.25) is 4.90 Å². The van der Waals surface area contributed by atoms with Crippen LogP contribution in [0.3, 0.4) is 0 Å². The first kappa shape index (κ1) is 36.7. The fraction of sp³-hybridized carbons (Fsp3) is 0.429. The number of sulfone groups is 1. The lowest BCUT2D eigenvalue weighted by molar-refractivity contribution is -0.116. The van der Waals surface area contributed by atoms with E-state index in [1.807, 2.05) is 50.2 Å². The molecule has 2 atom stereocenters. The zero-order chi connectivity index (χ0) is 32.7. The molecule has 4 rings (SSSR count). The molecule has 2 unspecified atom stereocenters. The Bertz CT molecular complexity index is 1430. The molecule has 8 nitrogen and oxygen atoms in total. The van der Waals surface area contributed by atoms with Gasteiger partial charge in [0.15, 0.2) is 9.84 Å². The summed E-state index contributed by atoms with van der Waals surface area (Å²) in [6.45, 7) is 11.6. The molecule has 1 aliphatic heterocycles. The predicted molar refractivity (Wildman–Crippen MR) is 178 cm³/mol. The normalized spacial score (nSPS) is 13.7. The summed E-state index contributed by atoms with van der Waals surface area (Å²) in [5.74, 6) is 0.207. The topological polar surface area (TPSA) is 116 Å². The average Bonchev–Trinajstić information content (AvgIpc) is 3.44. The second kappa shape index (κ2) is 18.3. The third-order valence-corrected chi connectivity index (χ3v) is 9.30. The molecule has 0 radical (unpaired) electrons. The number of urea groups is 1. The molecule has 0 saturated carbocycles. The van der Waals surface area contributed by atoms with Crippen LogP contribution in [0.15, 0.2) is 77.7 Å². The van der Waals surface area contributed by atoms with Gasteiger partial charge < -0.3 is 20.5 Å². The molecule has 3 N–H and O–H groups in total. The van der Waals surface area contributed by atoms with Crippen molar-refractivity contribution in [1.29, 1.82) is 0 Å². The Morgan fingerprint density at radius 3 is 2.09 bits per heavy atom. The van der Waals surface area contributed by atoms with E-state index in [1.165, 1.54) is 24.0 Å². The van der Waals surface area contributed by atoms with Crippen LogP contribution in [0, 0.1) is 0 Å². The maximum absolute atomic E-state index is 13.1. The maximum atomic E-state index is 13.1. The van der Waals surface area contributed by atoms with Gasteiger partial charge >= 0.3 is 6.03 Å². The highest BCUT2D eigenvalue weighted by Gasteiger charge is 2.25. The molecule has 0 fully saturated rings. The van der Waals surface area contributed by atoms with Gasteiger partial charge in [0.1, 0.15) is 5.78 Å². The lowest BCUT2D eigenvalue weighted by atomic mass is 10.1. The van der Waals surface area contributed by atoms with Gasteiger partial charge in [-0.1, -0.05) is 75.7 Å². The van der Waals surface area contributed by atoms with Gasteiger partial charge in [-0.05, 0) is 73.2 Å². The summed E-state index contributed by atoms with van der Waals surface area (Å²) in [6, 6.07) is 22.2. The Labute approximate surface area is 263 Å². The zero-order valence-electron chi connectivity index (χ0n) is 27.0. The highest BCUT2D eigenvalue weighted by atomic mass is 32.2. The van der Waals surface area contributed by atoms with Crippen molar-refractivity contribution in [3.8, 4) is 0 Å². The molecule has 0 bridgehead atoms. The van der Waals surface area contributed by atoms with Gasteiger partial charge in [0.25, 0.3) is 0 Å². The summed E-state index contributed by atoms with van der Waals surface area (Å²) in [5, 5.41) is 12.7. The van der Waals surface area contributed by atoms with Crippen molar-refractivity contribution < 1.29 is 23.1 Å². The third-order valence-electron chi connectivity index (χ3n) is 7.60. The Balaban J connectivity index is 0.000000876. The Morgan fingerprint density at radius 2 is 1.52 bits per heavy atom. The van der Waals surface area contributed by atoms with Gasteiger partial charge in [-0.25, -0.2) is 13.2 Å². The van der Waals surface area contributed by atoms with Crippen LogP contribution in [0.4, 0.5) is 10.5 Å². The molecular weight excluding hydrogens is 574 g/mol. The Kier molecular flexibility index (Phi) is 15.3. The number of nitrogens with one attached hydrogen (secondary N) is 2. The quantitative estimate of drug-likeness (QED) is 0.211. The van der Waals surface area contributed by atoms with Gasteiger partial charge in [-0.2, -0.15) is 0 Å². The van der Waals surface area contributed by atoms with Gasteiger partial charge in [-0.15, -0.1) is 0 Å². The number of benzene rings is 3. The molecule has 0 aliphatic carbocycles. The van der Waals surface area contributed by atoms with Crippen molar-refractivity contribution in [3.63, 3.8) is 0 Å². The summed E-state index contributed by atoms with van der Waals surface area (Å²) in [6.07, 6.45) is 4.15. The fourth-order valence-electron chi connectivity index (χ4n) is 5.04. The lowest BCUT2D eigenvalue weighted by Gasteiger charge is -2.26. The number of carbonyl (C=O) groups is 2. The number of Topliss-reactive ketones (excluding diaryl/α,β-unsaturated/α-hetero) is 1. The summed E-state index contributed by atoms with van der Waals surface area (Å²) >= 11 is 0. The van der Waals surface area contributed by atoms with Crippen LogP contribution in [0.1, 0.15) is 88.6 Å². The van der Waals surface area contributed by atoms with Crippen molar-refractivity contribution in [2.24, 2.45) is 0 Å². The maximum Gasteiger partial charge on any atom is 0.319 e. The zero-order valence-corrected chi connectivity index (χ0v) is 27.8. The van der Waals surface area contributed by atoms with Crippen LogP contribution < -0.4 is 10.6 Å². The van der Waals surface area contributed by atoms with Gasteiger partial charge in [0, 0.05) is 38.3 Å². The van der Waals surface area contributed by atoms with Crippen LogP contribution in [0.2, 0.25) is 0 Å². The van der Waals surface area contributed by atoms with E-state index in [0.29, 0.717) is 18.2 Å². The summed E-state index contributed by atoms with van der Waals surface area (Å²) in [4.78, 5) is 25.0. The average molecular weight is 624 g/mol. The summed E-state index contributed by atoms with van der Waals surface area (Å²) < 4.78 is 26.3. The minimum Gasteiger partial charge on any atom is -0.400 e. The predicted octanol–water partition coefficient (Wildman–Crippen LogP) is 7.03. The number of amides is 2. The first-order valence-electron chi connectivity index (χ1n) is 15.3. The van der Waals surface area contributed by atoms with E-state index < -0.39 is 9.84 Å². The van der Waals surface area contributed by atoms with Crippen molar-refractivity contribution in [3.05, 3.63) is 95.1 Å². The highest BCUT2D eigenvalue weighted by Crippen LogP contribution is 2.29. The number of hydrogen-bond acceptors (Lipinski definition) is 6. The standard InChI is InChI=1S/C30H37N3O3S.C4H8O.CH4O/c1-4-9-28(5-2)33-19-25-13-12-23(18-26(25)20-33)21-37(35,36)29-16-14-27(15-17-29)32-30(34)31-22(3)24-10-7-6-8-11-24;1-3-4(2)5;1-2/h6-8,10-18,22,28H,4-5,9,19-21H2,1-3H3,(H2,31,32,34);3H2,1-2H3;2H,1H3. The van der Waals surface area contributed by atoms with E-state index in [4.69, 9.17) is 5.11 Å². The number of ketones is 1. The number of nitrogens with zero attached hydrogens (tertiary/aromatic N) is 1. The van der Waals surface area contributed by atoms with E-state index in [-0.39, 0.29) is 28.5 Å². The largest absolute Gasteiger partial charge is 0.400 e. The first-order chi connectivity index (χ1) is 21.1. The number of hydrogen-bond donors (Lipinski definition) is 3. The van der Waals surface area contributed by atoms with Crippen molar-refractivity contribution in [2.45, 2.75) is 96.1 Å². The first-order valence-corrected chi connectivity index (χ1v) is 17.0. The monoisotopic (exact) mass is 623 g/mol. The van der Waals surface area contributed by atoms with Crippen LogP contribution in [-0.2, 0) is 33.5 Å². The molecule has 2 amide bonds. The van der Waals surface area contributed by atoms with Crippen molar-refractivity contribution in [2.75, 3.05) is 12.4 Å². The number of anilines is 1. The SMILES string of the molecule is CCC(C)=O.CCCC(CC)N1Cc2ccc(CS(=O)(=O)c3ccc(NC(=O)NC(C)c4ccccc4)cc3)cc2C1.CO. The van der Waals surface area contributed by atoms with E-state index in [1.54, 1.807) is 31.2 Å². The molecule has 3 aromatic carbocycles. The number of carbonyl (C=O) groups excluding carboxylic acids is 2. The van der Waals surface area contributed by atoms with E-state index in [9.17, 15) is 18.0 Å². The molecule has 1 heterocycles. The summed E-state index contributed by atoms with van der Waals surface area (Å²) in [7, 11) is -2.52. The van der Waals surface area contributed by atoms with E-state index in [2.05, 4.69) is 41.5 Å². The van der Waals surface area contributed by atoms with Gasteiger partial charge in [0.05, 0.1) is 16.7 Å². The van der Waals surface area contributed by atoms with Crippen LogP contribution in [0.25, 0.3) is 0 Å². The molecule has 1 aliphatic rings. The van der Waals surface area contributed by atoms with E-state index in [0.717, 1.165) is 37.7 Å². The molecule has 3 aromatic rings. The molecule has 0 saturated heterocycles. The summed E-state index contributed by atoms with van der Waals surface area (Å²) in [5.41, 5.74) is 4.88. The second-order valence-electron chi connectivity index (χ2n) is 10.9. The molecule has 0 aromatic heterocycles. The highest BCUT2D eigenvalue weighted by molar-refractivity contribution is 7.90. The third kappa shape index (κ3) is 11.2. The van der Waals surface area contributed by atoms with Crippen molar-refractivity contribution in [1.82, 2.24) is 10.2 Å². The minimum atomic E-state index is -3.52. The molecule has 240 valence electrons. The molecule has 44 heavy (non-hydrogen) atoms. The van der Waals surface area contributed by atoms with E-state index >= 15 is 0 Å².